The Labute approximate surface area is 333 Å². The van der Waals surface area contributed by atoms with Crippen LogP contribution in [0.15, 0.2) is 11.0 Å². The molecule has 0 atom stereocenters. The van der Waals surface area contributed by atoms with E-state index in [2.05, 4.69) is 27.7 Å². The van der Waals surface area contributed by atoms with Gasteiger partial charge in [0.1, 0.15) is 0 Å². The van der Waals surface area contributed by atoms with Crippen LogP contribution < -0.4 is 0 Å². The quantitative estimate of drug-likeness (QED) is 0.0402. The van der Waals surface area contributed by atoms with Crippen molar-refractivity contribution in [2.24, 2.45) is 0 Å². The maximum atomic E-state index is 12.9. The third-order valence-electron chi connectivity index (χ3n) is 10.9. The van der Waals surface area contributed by atoms with E-state index in [-0.39, 0.29) is 4.90 Å². The molecule has 7 heteroatoms. The standard InChI is InChI=1S/C45H84O3S.H2O.O.Ti/c1-5-9-12-15-18-21-24-27-30-33-37-42-41(36-8-4)40-45(49(46,47)48)44(39-35-32-29-26-23-20-17-14-11-7-3)43(42)38-34-31-28-25-22-19-16-13-10-6-2;;;/h40H,5-39H2,1-4H3,(H,46,47,48);1H2;;/q;;;+1/p-1. The van der Waals surface area contributed by atoms with Gasteiger partial charge in [0.05, 0.1) is 4.90 Å². The topological polar surface area (TPSA) is 91.7 Å². The van der Waals surface area contributed by atoms with Gasteiger partial charge in [-0.1, -0.05) is 207 Å². The predicted octanol–water partition coefficient (Wildman–Crippen LogP) is 14.6. The Morgan fingerprint density at radius 2 is 0.692 bits per heavy atom. The number of hydrogen-bond acceptors (Lipinski definition) is 3. The monoisotopic (exact) mass is 786 g/mol. The molecule has 1 rings (SSSR count). The van der Waals surface area contributed by atoms with Gasteiger partial charge in [-0.3, -0.25) is 4.55 Å². The van der Waals surface area contributed by atoms with E-state index < -0.39 is 29.6 Å². The number of unbranched alkanes of at least 4 members (excludes halogenated alkanes) is 27. The molecule has 0 saturated heterocycles. The van der Waals surface area contributed by atoms with Crippen molar-refractivity contribution in [3.05, 3.63) is 28.3 Å². The third-order valence-corrected chi connectivity index (χ3v) is 11.8. The minimum atomic E-state index is -4.27. The molecule has 0 heterocycles. The fourth-order valence-electron chi connectivity index (χ4n) is 7.83. The molecule has 305 valence electrons. The zero-order chi connectivity index (χ0) is 38.5. The fourth-order valence-corrected chi connectivity index (χ4v) is 8.66. The summed E-state index contributed by atoms with van der Waals surface area (Å²) in [4.78, 5) is 0.223. The van der Waals surface area contributed by atoms with Gasteiger partial charge < -0.3 is 0 Å². The Hall–Kier alpha value is -0.396. The van der Waals surface area contributed by atoms with Gasteiger partial charge in [0.25, 0.3) is 10.1 Å². The molecule has 0 bridgehead atoms. The summed E-state index contributed by atoms with van der Waals surface area (Å²) in [5, 5.41) is 0. The summed E-state index contributed by atoms with van der Waals surface area (Å²) in [6.45, 7) is 9.03. The Balaban J connectivity index is 0.00000835. The van der Waals surface area contributed by atoms with Gasteiger partial charge in [0.15, 0.2) is 0 Å². The summed E-state index contributed by atoms with van der Waals surface area (Å²) in [5.41, 5.74) is 4.87. The molecule has 0 amide bonds. The summed E-state index contributed by atoms with van der Waals surface area (Å²) in [5.74, 6) is 0. The zero-order valence-electron chi connectivity index (χ0n) is 34.9. The van der Waals surface area contributed by atoms with Gasteiger partial charge >= 0.3 is 26.5 Å². The van der Waals surface area contributed by atoms with Crippen molar-refractivity contribution in [2.45, 2.75) is 257 Å². The third kappa shape index (κ3) is 28.1. The first kappa shape index (κ1) is 51.6. The molecule has 0 aliphatic carbocycles. The van der Waals surface area contributed by atoms with Crippen LogP contribution in [0.1, 0.15) is 249 Å². The molecule has 0 aliphatic heterocycles. The average Bonchev–Trinajstić information content (AvgIpc) is 3.11. The molecule has 2 N–H and O–H groups in total. The van der Waals surface area contributed by atoms with Crippen LogP contribution in [0.4, 0.5) is 0 Å². The molecule has 1 aromatic carbocycles. The molecular weight excluding hydrogens is 700 g/mol. The molecule has 0 fully saturated rings. The van der Waals surface area contributed by atoms with Gasteiger partial charge in [-0.05, 0) is 73.3 Å². The number of hydrogen-bond donors (Lipinski definition) is 2. The maximum absolute atomic E-state index is 12.9. The van der Waals surface area contributed by atoms with Crippen molar-refractivity contribution in [1.29, 1.82) is 0 Å². The van der Waals surface area contributed by atoms with E-state index >= 15 is 0 Å². The molecule has 0 saturated carbocycles. The van der Waals surface area contributed by atoms with Crippen molar-refractivity contribution in [1.82, 2.24) is 0 Å². The van der Waals surface area contributed by atoms with Crippen LogP contribution in [0.5, 0.6) is 0 Å². The average molecular weight is 786 g/mol. The zero-order valence-corrected chi connectivity index (χ0v) is 37.2. The first-order valence-corrected chi connectivity index (χ1v) is 25.2. The summed E-state index contributed by atoms with van der Waals surface area (Å²) < 4.78 is 52.1. The summed E-state index contributed by atoms with van der Waals surface area (Å²) >= 11 is -1.75. The fraction of sp³-hybridized carbons (Fsp3) is 0.867. The van der Waals surface area contributed by atoms with Gasteiger partial charge in [-0.15, -0.1) is 0 Å². The summed E-state index contributed by atoms with van der Waals surface area (Å²) in [7, 11) is -4.27. The minimum absolute atomic E-state index is 0.223. The number of benzene rings is 1. The Morgan fingerprint density at radius 1 is 0.423 bits per heavy atom. The van der Waals surface area contributed by atoms with Gasteiger partial charge in [0, 0.05) is 0 Å². The van der Waals surface area contributed by atoms with Crippen LogP contribution in [-0.4, -0.2) is 16.7 Å². The van der Waals surface area contributed by atoms with Crippen molar-refractivity contribution in [3.8, 4) is 0 Å². The van der Waals surface area contributed by atoms with E-state index in [0.29, 0.717) is 0 Å². The SMILES string of the molecule is CCCCCCCCCCCCc1c(CCC)cc(S(=O)(=O)O)c(CCCCCCCCCCCC)c1CCCCCCCCCCCC.[O]=[Ti][OH]. The molecule has 0 radical (unpaired) electrons. The predicted molar refractivity (Wildman–Crippen MR) is 220 cm³/mol. The molecule has 0 aromatic heterocycles. The van der Waals surface area contributed by atoms with E-state index in [1.165, 1.54) is 190 Å². The molecule has 52 heavy (non-hydrogen) atoms. The molecule has 1 aromatic rings. The van der Waals surface area contributed by atoms with Crippen LogP contribution in [0.3, 0.4) is 0 Å². The number of aryl methyl sites for hydroxylation is 1. The normalized spacial score (nSPS) is 11.4. The van der Waals surface area contributed by atoms with E-state index in [4.69, 9.17) is 7.01 Å². The molecule has 5 nitrogen and oxygen atoms in total. The molecule has 0 unspecified atom stereocenters. The second-order valence-electron chi connectivity index (χ2n) is 15.6. The Bertz CT molecular complexity index is 1060. The molecular formula is C45H85O5STi. The van der Waals surface area contributed by atoms with Crippen molar-refractivity contribution in [2.75, 3.05) is 0 Å². The van der Waals surface area contributed by atoms with Crippen molar-refractivity contribution >= 4 is 10.1 Å². The van der Waals surface area contributed by atoms with E-state index in [1.807, 2.05) is 6.07 Å². The van der Waals surface area contributed by atoms with Crippen LogP contribution in [-0.2, 0) is 58.6 Å². The van der Waals surface area contributed by atoms with Gasteiger partial charge in [-0.2, -0.15) is 8.42 Å². The molecule has 0 aliphatic rings. The summed E-state index contributed by atoms with van der Waals surface area (Å²) in [6, 6.07) is 1.89. The van der Waals surface area contributed by atoms with E-state index in [0.717, 1.165) is 56.9 Å². The van der Waals surface area contributed by atoms with Crippen LogP contribution in [0, 0.1) is 0 Å². The van der Waals surface area contributed by atoms with Crippen LogP contribution in [0.2, 0.25) is 0 Å². The van der Waals surface area contributed by atoms with Crippen LogP contribution >= 0.6 is 0 Å². The number of rotatable bonds is 36. The summed E-state index contributed by atoms with van der Waals surface area (Å²) in [6.07, 6.45) is 43.7. The van der Waals surface area contributed by atoms with Gasteiger partial charge in [-0.25, -0.2) is 0 Å². The van der Waals surface area contributed by atoms with E-state index in [9.17, 15) is 13.0 Å². The first-order chi connectivity index (χ1) is 25.3. The Morgan fingerprint density at radius 3 is 0.981 bits per heavy atom. The Kier molecular flexibility index (Phi) is 37.2. The second-order valence-corrected chi connectivity index (χ2v) is 17.3. The van der Waals surface area contributed by atoms with E-state index in [1.54, 1.807) is 0 Å². The first-order valence-electron chi connectivity index (χ1n) is 22.5. The second kappa shape index (κ2) is 37.5. The van der Waals surface area contributed by atoms with Crippen molar-refractivity contribution < 1.29 is 39.5 Å². The van der Waals surface area contributed by atoms with Crippen LogP contribution in [0.25, 0.3) is 0 Å². The van der Waals surface area contributed by atoms with Crippen molar-refractivity contribution in [3.63, 3.8) is 0 Å². The van der Waals surface area contributed by atoms with Gasteiger partial charge in [0.2, 0.25) is 0 Å². The molecule has 0 spiro atoms.